The van der Waals surface area contributed by atoms with Crippen LogP contribution in [0, 0.1) is 4.78 Å². The summed E-state index contributed by atoms with van der Waals surface area (Å²) in [7, 11) is -0.872. The van der Waals surface area contributed by atoms with E-state index in [1.54, 1.807) is 4.81 Å². The zero-order valence-electron chi connectivity index (χ0n) is 6.16. The van der Waals surface area contributed by atoms with Gasteiger partial charge in [0.25, 0.3) is 7.41 Å². The highest BCUT2D eigenvalue weighted by Crippen LogP contribution is 2.01. The number of nitrogens with zero attached hydrogens (tertiary/aromatic N) is 1. The lowest BCUT2D eigenvalue weighted by molar-refractivity contribution is 0.480. The van der Waals surface area contributed by atoms with Crippen LogP contribution in [0.25, 0.3) is 0 Å². The van der Waals surface area contributed by atoms with Crippen LogP contribution in [0.15, 0.2) is 0 Å². The maximum absolute atomic E-state index is 11.1. The van der Waals surface area contributed by atoms with Gasteiger partial charge in [-0.25, -0.2) is 4.21 Å². The van der Waals surface area contributed by atoms with E-state index in [0.717, 1.165) is 6.19 Å². The molecule has 6 heteroatoms. The lowest BCUT2D eigenvalue weighted by atomic mass is 9.95. The first-order valence-corrected chi connectivity index (χ1v) is 5.30. The molecule has 0 aromatic carbocycles. The van der Waals surface area contributed by atoms with Gasteiger partial charge in [0.05, 0.1) is 6.19 Å². The van der Waals surface area contributed by atoms with Gasteiger partial charge in [-0.3, -0.25) is 4.78 Å². The van der Waals surface area contributed by atoms with Crippen molar-refractivity contribution in [1.82, 2.24) is 4.81 Å². The monoisotopic (exact) mass is 173 g/mol. The molecule has 1 N–H and O–H groups in total. The van der Waals surface area contributed by atoms with Gasteiger partial charge < -0.3 is 9.61 Å². The van der Waals surface area contributed by atoms with Crippen molar-refractivity contribution in [3.63, 3.8) is 0 Å². The molecule has 0 aromatic rings. The van der Waals surface area contributed by atoms with Crippen molar-refractivity contribution in [2.24, 2.45) is 0 Å². The van der Waals surface area contributed by atoms with Crippen molar-refractivity contribution in [1.29, 1.82) is 4.78 Å². The maximum atomic E-state index is 11.1. The highest BCUT2D eigenvalue weighted by molar-refractivity contribution is 7.92. The first-order valence-electron chi connectivity index (χ1n) is 3.41. The molecule has 1 aliphatic heterocycles. The van der Waals surface area contributed by atoms with Crippen LogP contribution in [-0.4, -0.2) is 47.2 Å². The Kier molecular flexibility index (Phi) is 2.67. The summed E-state index contributed by atoms with van der Waals surface area (Å²) in [6, 6.07) is 0. The van der Waals surface area contributed by atoms with E-state index in [9.17, 15) is 9.00 Å². The van der Waals surface area contributed by atoms with Gasteiger partial charge in [-0.1, -0.05) is 0 Å². The van der Waals surface area contributed by atoms with Crippen LogP contribution in [-0.2, 0) is 14.5 Å². The first kappa shape index (κ1) is 8.74. The summed E-state index contributed by atoms with van der Waals surface area (Å²) in [4.78, 5) is 11.8. The summed E-state index contributed by atoms with van der Waals surface area (Å²) in [6.07, 6.45) is 0.719. The average Bonchev–Trinajstić information content (AvgIpc) is 1.94. The number of nitrogens with one attached hydrogen (secondary N) is 1. The van der Waals surface area contributed by atoms with E-state index in [1.165, 1.54) is 7.41 Å². The van der Waals surface area contributed by atoms with Crippen molar-refractivity contribution in [3.05, 3.63) is 0 Å². The molecule has 0 bridgehead atoms. The molecule has 0 saturated carbocycles. The van der Waals surface area contributed by atoms with E-state index < -0.39 is 9.73 Å². The van der Waals surface area contributed by atoms with Crippen molar-refractivity contribution in [3.8, 4) is 0 Å². The Morgan fingerprint density at radius 3 is 2.45 bits per heavy atom. The van der Waals surface area contributed by atoms with Crippen molar-refractivity contribution in [2.45, 2.75) is 0 Å². The maximum Gasteiger partial charge on any atom is 0.293 e. The van der Waals surface area contributed by atoms with E-state index in [-0.39, 0.29) is 0 Å². The number of hydrogen-bond donors (Lipinski definition) is 1. The standard InChI is InChI=1S/C5H10BN2O2S/c7-11(10)3-1-8(2-4-11)6-5-9/h5,7H,1-4H2. The Morgan fingerprint density at radius 1 is 1.45 bits per heavy atom. The van der Waals surface area contributed by atoms with Gasteiger partial charge in [0, 0.05) is 21.2 Å². The molecule has 0 aliphatic carbocycles. The molecule has 61 valence electrons. The van der Waals surface area contributed by atoms with Gasteiger partial charge in [-0.05, 0) is 13.1 Å². The highest BCUT2D eigenvalue weighted by Gasteiger charge is 2.18. The van der Waals surface area contributed by atoms with Crippen LogP contribution in [0.5, 0.6) is 0 Å². The normalized spacial score (nSPS) is 24.4. The molecule has 1 rings (SSSR count). The fraction of sp³-hybridized carbons (Fsp3) is 0.800. The minimum absolute atomic E-state index is 0.386. The smallest absolute Gasteiger partial charge is 0.293 e. The van der Waals surface area contributed by atoms with Crippen molar-refractivity contribution in [2.75, 3.05) is 24.6 Å². The van der Waals surface area contributed by atoms with E-state index >= 15 is 0 Å². The molecule has 1 radical (unpaired) electrons. The van der Waals surface area contributed by atoms with Crippen molar-refractivity contribution < 1.29 is 9.00 Å². The Bertz CT molecular complexity index is 225. The molecule has 0 spiro atoms. The summed E-state index contributed by atoms with van der Waals surface area (Å²) >= 11 is 0. The fourth-order valence-corrected chi connectivity index (χ4v) is 2.24. The molecule has 1 fully saturated rings. The Hall–Kier alpha value is -0.355. The lowest BCUT2D eigenvalue weighted by Crippen LogP contribution is -2.42. The predicted molar refractivity (Wildman–Crippen MR) is 44.7 cm³/mol. The van der Waals surface area contributed by atoms with Crippen LogP contribution in [0.3, 0.4) is 0 Å². The van der Waals surface area contributed by atoms with E-state index in [2.05, 4.69) is 0 Å². The zero-order chi connectivity index (χ0) is 8.32. The summed E-state index contributed by atoms with van der Waals surface area (Å²) in [5, 5.41) is 0. The second-order valence-corrected chi connectivity index (χ2v) is 4.98. The number of carbonyl (C=O) groups excluding carboxylic acids is 1. The molecule has 4 nitrogen and oxygen atoms in total. The van der Waals surface area contributed by atoms with Gasteiger partial charge in [0.15, 0.2) is 0 Å². The molecule has 0 aromatic heterocycles. The third-order valence-corrected chi connectivity index (χ3v) is 3.37. The predicted octanol–water partition coefficient (Wildman–Crippen LogP) is -0.842. The van der Waals surface area contributed by atoms with Crippen LogP contribution >= 0.6 is 0 Å². The third kappa shape index (κ3) is 2.63. The second kappa shape index (κ2) is 3.36. The molecule has 1 heterocycles. The van der Waals surface area contributed by atoms with Crippen LogP contribution < -0.4 is 0 Å². The van der Waals surface area contributed by atoms with E-state index in [1.807, 2.05) is 0 Å². The minimum Gasteiger partial charge on any atom is -0.338 e. The molecule has 1 aliphatic rings. The van der Waals surface area contributed by atoms with E-state index in [0.29, 0.717) is 24.6 Å². The van der Waals surface area contributed by atoms with Crippen molar-refractivity contribution >= 4 is 23.3 Å². The molecule has 11 heavy (non-hydrogen) atoms. The molecule has 0 unspecified atom stereocenters. The largest absolute Gasteiger partial charge is 0.338 e. The third-order valence-electron chi connectivity index (χ3n) is 1.69. The lowest BCUT2D eigenvalue weighted by Gasteiger charge is -2.25. The quantitative estimate of drug-likeness (QED) is 0.437. The zero-order valence-corrected chi connectivity index (χ0v) is 6.97. The molecule has 0 amide bonds. The minimum atomic E-state index is -2.31. The Labute approximate surface area is 67.2 Å². The van der Waals surface area contributed by atoms with Crippen LogP contribution in [0.2, 0.25) is 0 Å². The molecular weight excluding hydrogens is 163 g/mol. The number of carbonyl (C=O) groups is 1. The fourth-order valence-electron chi connectivity index (χ4n) is 0.978. The second-order valence-electron chi connectivity index (χ2n) is 2.54. The average molecular weight is 173 g/mol. The number of hydrogen-bond acceptors (Lipinski definition) is 4. The number of rotatable bonds is 2. The van der Waals surface area contributed by atoms with Crippen LogP contribution in [0.1, 0.15) is 0 Å². The topological polar surface area (TPSA) is 61.2 Å². The van der Waals surface area contributed by atoms with Gasteiger partial charge in [-0.2, -0.15) is 0 Å². The summed E-state index contributed by atoms with van der Waals surface area (Å²) in [5.41, 5.74) is 0. The van der Waals surface area contributed by atoms with Gasteiger partial charge in [-0.15, -0.1) is 0 Å². The van der Waals surface area contributed by atoms with Gasteiger partial charge >= 0.3 is 0 Å². The Morgan fingerprint density at radius 2 is 2.00 bits per heavy atom. The Balaban J connectivity index is 2.42. The van der Waals surface area contributed by atoms with Gasteiger partial charge in [0.2, 0.25) is 0 Å². The molecule has 0 atom stereocenters. The summed E-state index contributed by atoms with van der Waals surface area (Å²) in [6.45, 7) is 1.14. The molecule has 1 saturated heterocycles. The summed E-state index contributed by atoms with van der Waals surface area (Å²) in [5.74, 6) is 0.772. The SMILES string of the molecule is N=S1(=O)CCN([B]C=O)CC1. The van der Waals surface area contributed by atoms with E-state index in [4.69, 9.17) is 4.78 Å². The summed E-state index contributed by atoms with van der Waals surface area (Å²) < 4.78 is 18.3. The highest BCUT2D eigenvalue weighted by atomic mass is 32.2. The van der Waals surface area contributed by atoms with Crippen LogP contribution in [0.4, 0.5) is 0 Å². The first-order chi connectivity index (χ1) is 5.14. The molecular formula is C5H10BN2O2S. The van der Waals surface area contributed by atoms with Gasteiger partial charge in [0.1, 0.15) is 0 Å².